The van der Waals surface area contributed by atoms with Gasteiger partial charge in [-0.15, -0.1) is 12.6 Å². The summed E-state index contributed by atoms with van der Waals surface area (Å²) >= 11 is 3.89. The second kappa shape index (κ2) is 2.97. The largest absolute Gasteiger partial charge is 0.309 e. The summed E-state index contributed by atoms with van der Waals surface area (Å²) in [6, 6.07) is 0. The molecular formula is C4H7NS. The maximum Gasteiger partial charge on any atom is 0.0185 e. The average Bonchev–Trinajstić information content (AvgIpc) is 1.35. The molecule has 0 saturated heterocycles. The van der Waals surface area contributed by atoms with E-state index in [1.54, 1.807) is 6.08 Å². The Kier molecular flexibility index (Phi) is 2.85. The predicted molar refractivity (Wildman–Crippen MR) is 31.5 cm³/mol. The highest BCUT2D eigenvalue weighted by Gasteiger charge is 1.65. The van der Waals surface area contributed by atoms with Crippen LogP contribution in [0.15, 0.2) is 11.0 Å². The van der Waals surface area contributed by atoms with E-state index >= 15 is 0 Å². The number of rotatable bonds is 1. The van der Waals surface area contributed by atoms with E-state index in [1.165, 1.54) is 6.21 Å². The van der Waals surface area contributed by atoms with Gasteiger partial charge in [-0.2, -0.15) is 0 Å². The van der Waals surface area contributed by atoms with Crippen molar-refractivity contribution in [3.05, 3.63) is 11.0 Å². The molecule has 0 saturated carbocycles. The van der Waals surface area contributed by atoms with Crippen LogP contribution in [-0.4, -0.2) is 6.21 Å². The Morgan fingerprint density at radius 3 is 2.33 bits per heavy atom. The van der Waals surface area contributed by atoms with Crippen LogP contribution in [0.2, 0.25) is 0 Å². The van der Waals surface area contributed by atoms with Crippen LogP contribution in [0.1, 0.15) is 6.92 Å². The molecule has 0 aliphatic heterocycles. The van der Waals surface area contributed by atoms with Crippen LogP contribution in [-0.2, 0) is 0 Å². The lowest BCUT2D eigenvalue weighted by atomic mass is 10.6. The summed E-state index contributed by atoms with van der Waals surface area (Å²) in [5, 5.41) is 6.48. The Bertz CT molecular complexity index is 71.6. The Hall–Kier alpha value is -0.240. The quantitative estimate of drug-likeness (QED) is 0.369. The van der Waals surface area contributed by atoms with E-state index in [9.17, 15) is 0 Å². The fourth-order valence-electron chi connectivity index (χ4n) is 0.121. The van der Waals surface area contributed by atoms with E-state index < -0.39 is 0 Å². The van der Waals surface area contributed by atoms with E-state index in [0.717, 1.165) is 4.91 Å². The summed E-state index contributed by atoms with van der Waals surface area (Å²) in [4.78, 5) is 0.866. The molecule has 0 radical (unpaired) electrons. The number of nitrogens with one attached hydrogen (secondary N) is 1. The van der Waals surface area contributed by atoms with Gasteiger partial charge in [-0.3, -0.25) is 0 Å². The van der Waals surface area contributed by atoms with E-state index in [2.05, 4.69) is 12.6 Å². The monoisotopic (exact) mass is 101 g/mol. The molecule has 2 heteroatoms. The Morgan fingerprint density at radius 2 is 2.33 bits per heavy atom. The molecular weight excluding hydrogens is 94.1 g/mol. The lowest BCUT2D eigenvalue weighted by Crippen LogP contribution is -1.57. The molecule has 0 fully saturated rings. The third-order valence-electron chi connectivity index (χ3n) is 0.325. The van der Waals surface area contributed by atoms with E-state index in [-0.39, 0.29) is 0 Å². The highest BCUT2D eigenvalue weighted by atomic mass is 32.1. The molecule has 0 aromatic carbocycles. The van der Waals surface area contributed by atoms with Crippen molar-refractivity contribution in [1.82, 2.24) is 0 Å². The first kappa shape index (κ1) is 5.76. The van der Waals surface area contributed by atoms with Crippen molar-refractivity contribution in [3.8, 4) is 0 Å². The first-order chi connectivity index (χ1) is 2.77. The summed E-state index contributed by atoms with van der Waals surface area (Å²) in [6.45, 7) is 1.83. The van der Waals surface area contributed by atoms with Crippen molar-refractivity contribution in [1.29, 1.82) is 5.41 Å². The minimum Gasteiger partial charge on any atom is -0.309 e. The van der Waals surface area contributed by atoms with Gasteiger partial charge in [0.25, 0.3) is 0 Å². The lowest BCUT2D eigenvalue weighted by molar-refractivity contribution is 1.57. The molecule has 1 N–H and O–H groups in total. The topological polar surface area (TPSA) is 23.9 Å². The van der Waals surface area contributed by atoms with Crippen molar-refractivity contribution < 1.29 is 0 Å². The third kappa shape index (κ3) is 3.76. The van der Waals surface area contributed by atoms with Crippen molar-refractivity contribution in [2.24, 2.45) is 0 Å². The van der Waals surface area contributed by atoms with Crippen molar-refractivity contribution in [3.63, 3.8) is 0 Å². The van der Waals surface area contributed by atoms with Gasteiger partial charge in [0.1, 0.15) is 0 Å². The highest BCUT2D eigenvalue weighted by molar-refractivity contribution is 7.84. The van der Waals surface area contributed by atoms with Gasteiger partial charge >= 0.3 is 0 Å². The van der Waals surface area contributed by atoms with Gasteiger partial charge in [-0.1, -0.05) is 0 Å². The van der Waals surface area contributed by atoms with Gasteiger partial charge in [0, 0.05) is 6.21 Å². The molecule has 1 nitrogen and oxygen atoms in total. The van der Waals surface area contributed by atoms with Crippen LogP contribution in [0.4, 0.5) is 0 Å². The summed E-state index contributed by atoms with van der Waals surface area (Å²) in [5.74, 6) is 0. The molecule has 0 amide bonds. The number of hydrogen-bond acceptors (Lipinski definition) is 2. The Morgan fingerprint density at radius 1 is 1.83 bits per heavy atom. The first-order valence-electron chi connectivity index (χ1n) is 1.63. The predicted octanol–water partition coefficient (Wildman–Crippen LogP) is 1.47. The second-order valence-electron chi connectivity index (χ2n) is 0.975. The van der Waals surface area contributed by atoms with Crippen LogP contribution in [0.25, 0.3) is 0 Å². The third-order valence-corrected chi connectivity index (χ3v) is 0.474. The molecule has 0 spiro atoms. The molecule has 6 heavy (non-hydrogen) atoms. The van der Waals surface area contributed by atoms with E-state index in [0.29, 0.717) is 0 Å². The zero-order valence-corrected chi connectivity index (χ0v) is 4.50. The molecule has 0 unspecified atom stereocenters. The van der Waals surface area contributed by atoms with E-state index in [4.69, 9.17) is 5.41 Å². The molecule has 0 aromatic heterocycles. The summed E-state index contributed by atoms with van der Waals surface area (Å²) in [7, 11) is 0. The van der Waals surface area contributed by atoms with Crippen molar-refractivity contribution in [2.45, 2.75) is 6.92 Å². The van der Waals surface area contributed by atoms with Crippen molar-refractivity contribution >= 4 is 18.8 Å². The van der Waals surface area contributed by atoms with Gasteiger partial charge in [0.15, 0.2) is 0 Å². The van der Waals surface area contributed by atoms with Gasteiger partial charge in [-0.05, 0) is 17.9 Å². The Balaban J connectivity index is 3.41. The summed E-state index contributed by atoms with van der Waals surface area (Å²) in [5.41, 5.74) is 0. The van der Waals surface area contributed by atoms with Gasteiger partial charge < -0.3 is 5.41 Å². The summed E-state index contributed by atoms with van der Waals surface area (Å²) < 4.78 is 0. The summed E-state index contributed by atoms with van der Waals surface area (Å²) in [6.07, 6.45) is 2.82. The molecule has 34 valence electrons. The van der Waals surface area contributed by atoms with Crippen LogP contribution < -0.4 is 0 Å². The number of hydrogen-bond donors (Lipinski definition) is 2. The van der Waals surface area contributed by atoms with Gasteiger partial charge in [0.05, 0.1) is 0 Å². The van der Waals surface area contributed by atoms with Crippen molar-refractivity contribution in [2.75, 3.05) is 0 Å². The zero-order chi connectivity index (χ0) is 4.99. The van der Waals surface area contributed by atoms with Crippen LogP contribution >= 0.6 is 12.6 Å². The minimum atomic E-state index is 0.866. The smallest absolute Gasteiger partial charge is 0.0185 e. The van der Waals surface area contributed by atoms with Crippen LogP contribution in [0.5, 0.6) is 0 Å². The maximum atomic E-state index is 6.48. The molecule has 0 atom stereocenters. The fraction of sp³-hybridized carbons (Fsp3) is 0.250. The SMILES string of the molecule is C/C(S)=C/C=N. The Labute approximate surface area is 43.0 Å². The van der Waals surface area contributed by atoms with Gasteiger partial charge in [-0.25, -0.2) is 0 Å². The first-order valence-corrected chi connectivity index (χ1v) is 2.08. The van der Waals surface area contributed by atoms with Crippen LogP contribution in [0.3, 0.4) is 0 Å². The molecule has 0 heterocycles. The lowest BCUT2D eigenvalue weighted by Gasteiger charge is -1.74. The minimum absolute atomic E-state index is 0.866. The highest BCUT2D eigenvalue weighted by Crippen LogP contribution is 1.92. The number of thiol groups is 1. The number of allylic oxidation sites excluding steroid dienone is 2. The fourth-order valence-corrected chi connectivity index (χ4v) is 0.195. The van der Waals surface area contributed by atoms with E-state index in [1.807, 2.05) is 6.92 Å². The maximum absolute atomic E-state index is 6.48. The van der Waals surface area contributed by atoms with Gasteiger partial charge in [0.2, 0.25) is 0 Å². The standard InChI is InChI=1S/C4H7NS/c1-4(6)2-3-5/h2-3,5-6H,1H3/b4-2-,5-3?. The molecule has 0 aliphatic rings. The average molecular weight is 101 g/mol. The molecule has 0 rings (SSSR count). The molecule has 0 aliphatic carbocycles. The zero-order valence-electron chi connectivity index (χ0n) is 3.60. The molecule has 0 bridgehead atoms. The van der Waals surface area contributed by atoms with Crippen LogP contribution in [0, 0.1) is 5.41 Å². The second-order valence-corrected chi connectivity index (χ2v) is 1.68. The normalized spacial score (nSPS) is 11.3. The molecule has 0 aromatic rings.